The number of aromatic nitrogens is 2. The summed E-state index contributed by atoms with van der Waals surface area (Å²) in [6.07, 6.45) is 2.12. The molecule has 1 aliphatic heterocycles. The van der Waals surface area contributed by atoms with Gasteiger partial charge >= 0.3 is 5.97 Å². The number of para-hydroxylation sites is 1. The molecule has 1 saturated heterocycles. The summed E-state index contributed by atoms with van der Waals surface area (Å²) in [6.45, 7) is 4.57. The number of carbonyl (C=O) groups excluding carboxylic acids is 1. The highest BCUT2D eigenvalue weighted by Crippen LogP contribution is 2.26. The second kappa shape index (κ2) is 6.88. The van der Waals surface area contributed by atoms with Crippen LogP contribution in [0.3, 0.4) is 0 Å². The van der Waals surface area contributed by atoms with Crippen LogP contribution in [0.15, 0.2) is 30.5 Å². The predicted molar refractivity (Wildman–Crippen MR) is 94.1 cm³/mol. The molecule has 2 heterocycles. The van der Waals surface area contributed by atoms with Crippen LogP contribution in [0.5, 0.6) is 0 Å². The SMILES string of the molecule is Cc1c(C(=O)N2CC(C)CC(C(=O)O)C2)cnn1-c1ccccc1Cl. The molecule has 3 rings (SSSR count). The number of hydrogen-bond acceptors (Lipinski definition) is 3. The van der Waals surface area contributed by atoms with Crippen molar-refractivity contribution in [2.45, 2.75) is 20.3 Å². The minimum Gasteiger partial charge on any atom is -0.481 e. The summed E-state index contributed by atoms with van der Waals surface area (Å²) in [7, 11) is 0. The summed E-state index contributed by atoms with van der Waals surface area (Å²) >= 11 is 6.22. The minimum atomic E-state index is -0.854. The maximum absolute atomic E-state index is 12.9. The van der Waals surface area contributed by atoms with Crippen LogP contribution in [0.1, 0.15) is 29.4 Å². The van der Waals surface area contributed by atoms with E-state index in [1.165, 1.54) is 6.20 Å². The molecule has 2 unspecified atom stereocenters. The molecule has 132 valence electrons. The summed E-state index contributed by atoms with van der Waals surface area (Å²) in [5, 5.41) is 14.1. The maximum Gasteiger partial charge on any atom is 0.308 e. The molecule has 1 aliphatic rings. The standard InChI is InChI=1S/C18H20ClN3O3/c1-11-7-13(18(24)25)10-21(9-11)17(23)14-8-20-22(12(14)2)16-6-4-3-5-15(16)19/h3-6,8,11,13H,7,9-10H2,1-2H3,(H,24,25). The molecule has 1 amide bonds. The highest BCUT2D eigenvalue weighted by atomic mass is 35.5. The smallest absolute Gasteiger partial charge is 0.308 e. The van der Waals surface area contributed by atoms with Gasteiger partial charge in [-0.2, -0.15) is 5.10 Å². The van der Waals surface area contributed by atoms with Crippen LogP contribution in [0, 0.1) is 18.8 Å². The molecule has 0 saturated carbocycles. The Morgan fingerprint density at radius 2 is 2.00 bits per heavy atom. The Morgan fingerprint density at radius 1 is 1.28 bits per heavy atom. The van der Waals surface area contributed by atoms with Gasteiger partial charge in [0.2, 0.25) is 0 Å². The highest BCUT2D eigenvalue weighted by Gasteiger charge is 2.33. The summed E-state index contributed by atoms with van der Waals surface area (Å²) in [4.78, 5) is 25.9. The first-order chi connectivity index (χ1) is 11.9. The average molecular weight is 362 g/mol. The van der Waals surface area contributed by atoms with E-state index >= 15 is 0 Å². The van der Waals surface area contributed by atoms with E-state index in [0.717, 1.165) is 0 Å². The van der Waals surface area contributed by atoms with Crippen LogP contribution in [-0.2, 0) is 4.79 Å². The number of nitrogens with zero attached hydrogens (tertiary/aromatic N) is 3. The molecule has 0 spiro atoms. The van der Waals surface area contributed by atoms with Gasteiger partial charge in [-0.15, -0.1) is 0 Å². The molecule has 2 atom stereocenters. The molecular formula is C18H20ClN3O3. The van der Waals surface area contributed by atoms with Crippen molar-refractivity contribution in [1.29, 1.82) is 0 Å². The van der Waals surface area contributed by atoms with Crippen molar-refractivity contribution in [3.05, 3.63) is 46.7 Å². The van der Waals surface area contributed by atoms with Crippen molar-refractivity contribution >= 4 is 23.5 Å². The number of benzene rings is 1. The van der Waals surface area contributed by atoms with Gasteiger partial charge in [0.1, 0.15) is 0 Å². The van der Waals surface area contributed by atoms with Gasteiger partial charge in [-0.1, -0.05) is 30.7 Å². The lowest BCUT2D eigenvalue weighted by Gasteiger charge is -2.34. The fourth-order valence-electron chi connectivity index (χ4n) is 3.35. The molecule has 1 aromatic carbocycles. The van der Waals surface area contributed by atoms with E-state index in [-0.39, 0.29) is 18.4 Å². The third kappa shape index (κ3) is 3.39. The number of hydrogen-bond donors (Lipinski definition) is 1. The van der Waals surface area contributed by atoms with E-state index in [4.69, 9.17) is 11.6 Å². The summed E-state index contributed by atoms with van der Waals surface area (Å²) < 4.78 is 1.64. The topological polar surface area (TPSA) is 75.4 Å². The third-order valence-electron chi connectivity index (χ3n) is 4.62. The first-order valence-electron chi connectivity index (χ1n) is 8.20. The minimum absolute atomic E-state index is 0.151. The van der Waals surface area contributed by atoms with Crippen molar-refractivity contribution in [2.24, 2.45) is 11.8 Å². The zero-order valence-electron chi connectivity index (χ0n) is 14.1. The number of amides is 1. The average Bonchev–Trinajstić information content (AvgIpc) is 2.95. The van der Waals surface area contributed by atoms with Crippen molar-refractivity contribution in [3.8, 4) is 5.69 Å². The van der Waals surface area contributed by atoms with Gasteiger partial charge in [-0.05, 0) is 31.4 Å². The number of likely N-dealkylation sites (tertiary alicyclic amines) is 1. The lowest BCUT2D eigenvalue weighted by atomic mass is 9.90. The molecule has 1 N–H and O–H groups in total. The highest BCUT2D eigenvalue weighted by molar-refractivity contribution is 6.32. The van der Waals surface area contributed by atoms with E-state index in [1.807, 2.05) is 32.0 Å². The fraction of sp³-hybridized carbons (Fsp3) is 0.389. The third-order valence-corrected chi connectivity index (χ3v) is 4.94. The number of halogens is 1. The molecule has 1 aromatic heterocycles. The summed E-state index contributed by atoms with van der Waals surface area (Å²) in [5.74, 6) is -1.41. The molecule has 2 aromatic rings. The van der Waals surface area contributed by atoms with E-state index in [2.05, 4.69) is 5.10 Å². The lowest BCUT2D eigenvalue weighted by molar-refractivity contribution is -0.143. The summed E-state index contributed by atoms with van der Waals surface area (Å²) in [6, 6.07) is 7.29. The zero-order valence-corrected chi connectivity index (χ0v) is 14.9. The number of rotatable bonds is 3. The maximum atomic E-state index is 12.9. The van der Waals surface area contributed by atoms with Crippen molar-refractivity contribution in [2.75, 3.05) is 13.1 Å². The number of piperidine rings is 1. The Labute approximate surface area is 151 Å². The van der Waals surface area contributed by atoms with Gasteiger partial charge in [0.05, 0.1) is 34.1 Å². The van der Waals surface area contributed by atoms with Gasteiger partial charge in [-0.3, -0.25) is 9.59 Å². The monoisotopic (exact) mass is 361 g/mol. The second-order valence-corrected chi connectivity index (χ2v) is 7.00. The lowest BCUT2D eigenvalue weighted by Crippen LogP contribution is -2.45. The Morgan fingerprint density at radius 3 is 2.68 bits per heavy atom. The van der Waals surface area contributed by atoms with Gasteiger partial charge < -0.3 is 10.0 Å². The Balaban J connectivity index is 1.89. The van der Waals surface area contributed by atoms with Crippen LogP contribution >= 0.6 is 11.6 Å². The van der Waals surface area contributed by atoms with E-state index in [1.54, 1.807) is 15.6 Å². The molecule has 7 heteroatoms. The van der Waals surface area contributed by atoms with E-state index < -0.39 is 11.9 Å². The normalized spacial score (nSPS) is 20.5. The molecule has 0 aliphatic carbocycles. The van der Waals surface area contributed by atoms with Gasteiger partial charge in [0.15, 0.2) is 0 Å². The second-order valence-electron chi connectivity index (χ2n) is 6.59. The van der Waals surface area contributed by atoms with Crippen LogP contribution in [-0.4, -0.2) is 44.8 Å². The summed E-state index contributed by atoms with van der Waals surface area (Å²) in [5.41, 5.74) is 1.86. The first-order valence-corrected chi connectivity index (χ1v) is 8.58. The molecule has 0 bridgehead atoms. The number of carboxylic acids is 1. The number of aliphatic carboxylic acids is 1. The van der Waals surface area contributed by atoms with Gasteiger partial charge in [0.25, 0.3) is 5.91 Å². The fourth-order valence-corrected chi connectivity index (χ4v) is 3.57. The molecule has 25 heavy (non-hydrogen) atoms. The molecule has 1 fully saturated rings. The quantitative estimate of drug-likeness (QED) is 0.911. The molecular weight excluding hydrogens is 342 g/mol. The van der Waals surface area contributed by atoms with Crippen LogP contribution in [0.2, 0.25) is 5.02 Å². The number of carbonyl (C=O) groups is 2. The van der Waals surface area contributed by atoms with Crippen LogP contribution in [0.4, 0.5) is 0 Å². The van der Waals surface area contributed by atoms with Gasteiger partial charge in [0, 0.05) is 13.1 Å². The van der Waals surface area contributed by atoms with Gasteiger partial charge in [-0.25, -0.2) is 4.68 Å². The number of carboxylic acid groups (broad SMARTS) is 1. The molecule has 6 nitrogen and oxygen atoms in total. The largest absolute Gasteiger partial charge is 0.481 e. The van der Waals surface area contributed by atoms with Crippen molar-refractivity contribution in [1.82, 2.24) is 14.7 Å². The van der Waals surface area contributed by atoms with E-state index in [0.29, 0.717) is 34.9 Å². The zero-order chi connectivity index (χ0) is 18.1. The Hall–Kier alpha value is -2.34. The van der Waals surface area contributed by atoms with Crippen LogP contribution < -0.4 is 0 Å². The molecule has 0 radical (unpaired) electrons. The Bertz CT molecular complexity index is 818. The van der Waals surface area contributed by atoms with Crippen molar-refractivity contribution < 1.29 is 14.7 Å². The Kier molecular flexibility index (Phi) is 4.81. The first kappa shape index (κ1) is 17.5. The van der Waals surface area contributed by atoms with Crippen molar-refractivity contribution in [3.63, 3.8) is 0 Å². The van der Waals surface area contributed by atoms with Crippen LogP contribution in [0.25, 0.3) is 5.69 Å². The van der Waals surface area contributed by atoms with E-state index in [9.17, 15) is 14.7 Å². The predicted octanol–water partition coefficient (Wildman–Crippen LogP) is 3.02.